The van der Waals surface area contributed by atoms with Gasteiger partial charge in [0.05, 0.1) is 5.41 Å². The molecule has 0 radical (unpaired) electrons. The second-order valence-corrected chi connectivity index (χ2v) is 8.28. The van der Waals surface area contributed by atoms with E-state index in [1.165, 1.54) is 24.1 Å². The Morgan fingerprint density at radius 2 is 1.78 bits per heavy atom. The smallest absolute Gasteiger partial charge is 0.229 e. The molecule has 3 rings (SSSR count). The molecule has 0 aliphatic carbocycles. The van der Waals surface area contributed by atoms with Gasteiger partial charge in [-0.1, -0.05) is 47.5 Å². The van der Waals surface area contributed by atoms with Crippen molar-refractivity contribution in [3.05, 3.63) is 69.2 Å². The van der Waals surface area contributed by atoms with Crippen LogP contribution in [0.5, 0.6) is 0 Å². The number of nitrogens with one attached hydrogen (secondary N) is 2. The first-order valence-electron chi connectivity index (χ1n) is 9.20. The molecule has 1 atom stereocenters. The van der Waals surface area contributed by atoms with Crippen molar-refractivity contribution in [1.82, 2.24) is 10.6 Å². The van der Waals surface area contributed by atoms with Gasteiger partial charge in [0.25, 0.3) is 0 Å². The van der Waals surface area contributed by atoms with E-state index in [9.17, 15) is 4.79 Å². The van der Waals surface area contributed by atoms with Crippen LogP contribution in [-0.2, 0) is 10.2 Å². The third kappa shape index (κ3) is 5.71. The third-order valence-corrected chi connectivity index (χ3v) is 5.50. The summed E-state index contributed by atoms with van der Waals surface area (Å²) in [6.07, 6.45) is 1.30. The second-order valence-electron chi connectivity index (χ2n) is 7.41. The standard InChI is InChI=1S/C11H13Cl2NO.C11H15N/c1-11(2,10(15)14-3)7-4-8(12)6-9(13)5-7;1-9-4-2-3-5-11(9)10-6-7-12-8-10/h4-6H,1-3H3,(H,14,15);2-5,10,12H,6-8H2,1H3. The maximum atomic E-state index is 11.7. The van der Waals surface area contributed by atoms with Gasteiger partial charge in [-0.2, -0.15) is 0 Å². The van der Waals surface area contributed by atoms with Crippen molar-refractivity contribution in [3.63, 3.8) is 0 Å². The zero-order valence-corrected chi connectivity index (χ0v) is 17.9. The summed E-state index contributed by atoms with van der Waals surface area (Å²) in [6, 6.07) is 13.9. The van der Waals surface area contributed by atoms with Gasteiger partial charge >= 0.3 is 0 Å². The molecule has 0 spiro atoms. The number of aryl methyl sites for hydroxylation is 1. The highest BCUT2D eigenvalue weighted by atomic mass is 35.5. The van der Waals surface area contributed by atoms with Crippen LogP contribution in [0.4, 0.5) is 0 Å². The highest BCUT2D eigenvalue weighted by molar-refractivity contribution is 6.34. The summed E-state index contributed by atoms with van der Waals surface area (Å²) in [5.41, 5.74) is 3.14. The monoisotopic (exact) mass is 406 g/mol. The molecule has 1 aliphatic rings. The quantitative estimate of drug-likeness (QED) is 0.744. The fourth-order valence-corrected chi connectivity index (χ4v) is 3.85. The van der Waals surface area contributed by atoms with Crippen molar-refractivity contribution in [3.8, 4) is 0 Å². The van der Waals surface area contributed by atoms with Crippen LogP contribution in [0.15, 0.2) is 42.5 Å². The average Bonchev–Trinajstić information content (AvgIpc) is 3.15. The van der Waals surface area contributed by atoms with Crippen molar-refractivity contribution >= 4 is 29.1 Å². The maximum absolute atomic E-state index is 11.7. The molecule has 2 aromatic carbocycles. The van der Waals surface area contributed by atoms with Crippen LogP contribution in [0, 0.1) is 6.92 Å². The molecule has 2 aromatic rings. The zero-order chi connectivity index (χ0) is 20.0. The fourth-order valence-electron chi connectivity index (χ4n) is 3.32. The lowest BCUT2D eigenvalue weighted by Crippen LogP contribution is -2.37. The topological polar surface area (TPSA) is 41.1 Å². The van der Waals surface area contributed by atoms with Gasteiger partial charge < -0.3 is 10.6 Å². The molecule has 1 amide bonds. The normalized spacial score (nSPS) is 16.4. The van der Waals surface area contributed by atoms with Crippen molar-refractivity contribution in [2.75, 3.05) is 20.1 Å². The first-order valence-corrected chi connectivity index (χ1v) is 9.96. The molecule has 146 valence electrons. The Balaban J connectivity index is 0.000000198. The Morgan fingerprint density at radius 1 is 1.15 bits per heavy atom. The van der Waals surface area contributed by atoms with E-state index in [1.54, 1.807) is 25.2 Å². The molecule has 0 aromatic heterocycles. The van der Waals surface area contributed by atoms with Gasteiger partial charge in [0.2, 0.25) is 5.91 Å². The van der Waals surface area contributed by atoms with Crippen LogP contribution in [0.1, 0.15) is 42.9 Å². The molecule has 2 N–H and O–H groups in total. The Labute approximate surface area is 172 Å². The van der Waals surface area contributed by atoms with Crippen LogP contribution in [-0.4, -0.2) is 26.0 Å². The number of hydrogen-bond acceptors (Lipinski definition) is 2. The molecule has 0 bridgehead atoms. The van der Waals surface area contributed by atoms with E-state index in [0.29, 0.717) is 10.0 Å². The van der Waals surface area contributed by atoms with Crippen LogP contribution >= 0.6 is 23.2 Å². The van der Waals surface area contributed by atoms with Gasteiger partial charge in [0.1, 0.15) is 0 Å². The predicted molar refractivity (Wildman–Crippen MR) is 115 cm³/mol. The van der Waals surface area contributed by atoms with Gasteiger partial charge in [-0.25, -0.2) is 0 Å². The van der Waals surface area contributed by atoms with E-state index in [4.69, 9.17) is 23.2 Å². The molecule has 27 heavy (non-hydrogen) atoms. The fraction of sp³-hybridized carbons (Fsp3) is 0.409. The first-order chi connectivity index (χ1) is 12.8. The van der Waals surface area contributed by atoms with Gasteiger partial charge in [0, 0.05) is 23.6 Å². The van der Waals surface area contributed by atoms with Gasteiger partial charge in [-0.05, 0) is 74.5 Å². The molecule has 3 nitrogen and oxygen atoms in total. The maximum Gasteiger partial charge on any atom is 0.229 e. The number of amides is 1. The minimum Gasteiger partial charge on any atom is -0.358 e. The van der Waals surface area contributed by atoms with Crippen molar-refractivity contribution in [2.24, 2.45) is 0 Å². The Kier molecular flexibility index (Phi) is 7.72. The van der Waals surface area contributed by atoms with E-state index in [2.05, 4.69) is 41.8 Å². The SMILES string of the molecule is CNC(=O)C(C)(C)c1cc(Cl)cc(Cl)c1.Cc1ccccc1C1CCNC1. The Bertz CT molecular complexity index is 763. The zero-order valence-electron chi connectivity index (χ0n) is 16.4. The van der Waals surface area contributed by atoms with Gasteiger partial charge in [-0.3, -0.25) is 4.79 Å². The van der Waals surface area contributed by atoms with Crippen LogP contribution in [0.3, 0.4) is 0 Å². The summed E-state index contributed by atoms with van der Waals surface area (Å²) in [4.78, 5) is 11.7. The number of carbonyl (C=O) groups excluding carboxylic acids is 1. The Hall–Kier alpha value is -1.55. The van der Waals surface area contributed by atoms with Crippen molar-refractivity contribution in [1.29, 1.82) is 0 Å². The van der Waals surface area contributed by atoms with Crippen molar-refractivity contribution < 1.29 is 4.79 Å². The number of hydrogen-bond donors (Lipinski definition) is 2. The number of likely N-dealkylation sites (N-methyl/N-ethyl adjacent to an activating group) is 1. The molecular weight excluding hydrogens is 379 g/mol. The van der Waals surface area contributed by atoms with E-state index >= 15 is 0 Å². The number of carbonyl (C=O) groups is 1. The lowest BCUT2D eigenvalue weighted by Gasteiger charge is -2.23. The number of halogens is 2. The number of benzene rings is 2. The van der Waals surface area contributed by atoms with E-state index in [-0.39, 0.29) is 5.91 Å². The second kappa shape index (κ2) is 9.59. The summed E-state index contributed by atoms with van der Waals surface area (Å²) in [6.45, 7) is 8.19. The summed E-state index contributed by atoms with van der Waals surface area (Å²) < 4.78 is 0. The molecule has 1 unspecified atom stereocenters. The average molecular weight is 407 g/mol. The van der Waals surface area contributed by atoms with Crippen LogP contribution in [0.2, 0.25) is 10.0 Å². The summed E-state index contributed by atoms with van der Waals surface area (Å²) in [5, 5.41) is 7.09. The first kappa shape index (κ1) is 21.7. The van der Waals surface area contributed by atoms with Crippen LogP contribution < -0.4 is 10.6 Å². The molecule has 1 aliphatic heterocycles. The minimum atomic E-state index is -0.636. The van der Waals surface area contributed by atoms with E-state index in [1.807, 2.05) is 13.8 Å². The minimum absolute atomic E-state index is 0.0687. The van der Waals surface area contributed by atoms with Gasteiger partial charge in [0.15, 0.2) is 0 Å². The highest BCUT2D eigenvalue weighted by Crippen LogP contribution is 2.29. The van der Waals surface area contributed by atoms with Gasteiger partial charge in [-0.15, -0.1) is 0 Å². The molecule has 1 heterocycles. The van der Waals surface area contributed by atoms with Crippen molar-refractivity contribution in [2.45, 2.75) is 38.5 Å². The predicted octanol–water partition coefficient (Wildman–Crippen LogP) is 5.09. The summed E-state index contributed by atoms with van der Waals surface area (Å²) >= 11 is 11.8. The largest absolute Gasteiger partial charge is 0.358 e. The molecule has 5 heteroatoms. The lowest BCUT2D eigenvalue weighted by molar-refractivity contribution is -0.125. The summed E-state index contributed by atoms with van der Waals surface area (Å²) in [7, 11) is 1.61. The van der Waals surface area contributed by atoms with E-state index in [0.717, 1.165) is 18.0 Å². The highest BCUT2D eigenvalue weighted by Gasteiger charge is 2.29. The lowest BCUT2D eigenvalue weighted by atomic mass is 9.84. The molecule has 1 fully saturated rings. The van der Waals surface area contributed by atoms with E-state index < -0.39 is 5.41 Å². The molecule has 1 saturated heterocycles. The third-order valence-electron chi connectivity index (χ3n) is 5.07. The Morgan fingerprint density at radius 3 is 2.30 bits per heavy atom. The molecular formula is C22H28Cl2N2O. The molecule has 0 saturated carbocycles. The number of rotatable bonds is 3. The van der Waals surface area contributed by atoms with Crippen LogP contribution in [0.25, 0.3) is 0 Å². The summed E-state index contributed by atoms with van der Waals surface area (Å²) in [5.74, 6) is 0.687.